The van der Waals surface area contributed by atoms with Crippen molar-refractivity contribution in [3.63, 3.8) is 0 Å². The van der Waals surface area contributed by atoms with E-state index in [9.17, 15) is 18.0 Å². The zero-order valence-corrected chi connectivity index (χ0v) is 19.7. The third-order valence-corrected chi connectivity index (χ3v) is 6.68. The summed E-state index contributed by atoms with van der Waals surface area (Å²) in [5, 5.41) is 6.81. The summed E-state index contributed by atoms with van der Waals surface area (Å²) in [5.74, 6) is -1.64. The second-order valence-corrected chi connectivity index (χ2v) is 9.40. The number of likely N-dealkylation sites (tertiary alicyclic amines) is 1. The van der Waals surface area contributed by atoms with Crippen molar-refractivity contribution in [3.8, 4) is 11.5 Å². The summed E-state index contributed by atoms with van der Waals surface area (Å²) < 4.78 is 50.6. The standard InChI is InChI=1S/C25H26F3N5O3/c1-31(8-9-32-12-25(13-32)14-35-15-25)20-4-2-3-5-21(20)33(16-34)11-18-7-6-17(10-19(18)26)23-29-30-24(36-23)22(27)28/h2-7,10,16,22H,8-9,11-15H2,1H3. The molecule has 11 heteroatoms. The van der Waals surface area contributed by atoms with Crippen molar-refractivity contribution in [2.45, 2.75) is 13.0 Å². The van der Waals surface area contributed by atoms with Crippen molar-refractivity contribution in [1.29, 1.82) is 0 Å². The number of aromatic nitrogens is 2. The average molecular weight is 502 g/mol. The number of likely N-dealkylation sites (N-methyl/N-ethyl adjacent to an activating group) is 1. The number of rotatable bonds is 10. The Morgan fingerprint density at radius 3 is 2.50 bits per heavy atom. The molecule has 0 N–H and O–H groups in total. The van der Waals surface area contributed by atoms with E-state index in [1.165, 1.54) is 17.0 Å². The van der Waals surface area contributed by atoms with E-state index in [-0.39, 0.29) is 23.6 Å². The van der Waals surface area contributed by atoms with E-state index in [0.29, 0.717) is 17.5 Å². The van der Waals surface area contributed by atoms with E-state index in [4.69, 9.17) is 9.15 Å². The topological polar surface area (TPSA) is 74.9 Å². The molecular formula is C25H26F3N5O3. The van der Waals surface area contributed by atoms with Gasteiger partial charge in [-0.2, -0.15) is 8.78 Å². The van der Waals surface area contributed by atoms with Crippen LogP contribution in [0.25, 0.3) is 11.5 Å². The largest absolute Gasteiger partial charge is 0.415 e. The number of alkyl halides is 2. The maximum Gasteiger partial charge on any atom is 0.314 e. The fourth-order valence-electron chi connectivity index (χ4n) is 4.69. The number of hydrogen-bond acceptors (Lipinski definition) is 7. The smallest absolute Gasteiger partial charge is 0.314 e. The van der Waals surface area contributed by atoms with Gasteiger partial charge in [0.05, 0.1) is 31.1 Å². The highest BCUT2D eigenvalue weighted by molar-refractivity contribution is 5.84. The lowest BCUT2D eigenvalue weighted by atomic mass is 9.78. The van der Waals surface area contributed by atoms with Crippen LogP contribution in [0, 0.1) is 11.2 Å². The zero-order valence-electron chi connectivity index (χ0n) is 19.7. The molecule has 1 aromatic heterocycles. The molecule has 0 saturated carbocycles. The van der Waals surface area contributed by atoms with Crippen LogP contribution in [0.4, 0.5) is 24.5 Å². The number of carbonyl (C=O) groups is 1. The first kappa shape index (κ1) is 24.3. The maximum atomic E-state index is 14.9. The number of anilines is 2. The molecule has 2 saturated heterocycles. The van der Waals surface area contributed by atoms with Crippen molar-refractivity contribution in [3.05, 3.63) is 59.7 Å². The van der Waals surface area contributed by atoms with Gasteiger partial charge >= 0.3 is 6.43 Å². The number of hydrogen-bond donors (Lipinski definition) is 0. The predicted octanol–water partition coefficient (Wildman–Crippen LogP) is 3.74. The molecule has 0 bridgehead atoms. The highest BCUT2D eigenvalue weighted by Crippen LogP contribution is 2.37. The molecule has 8 nitrogen and oxygen atoms in total. The van der Waals surface area contributed by atoms with Gasteiger partial charge in [0.2, 0.25) is 12.3 Å². The fourth-order valence-corrected chi connectivity index (χ4v) is 4.69. The number of halogens is 3. The summed E-state index contributed by atoms with van der Waals surface area (Å²) >= 11 is 0. The second kappa shape index (κ2) is 9.90. The second-order valence-electron chi connectivity index (χ2n) is 9.40. The molecule has 5 rings (SSSR count). The third-order valence-electron chi connectivity index (χ3n) is 6.68. The Balaban J connectivity index is 1.27. The molecular weight excluding hydrogens is 475 g/mol. The van der Waals surface area contributed by atoms with Crippen molar-refractivity contribution in [2.24, 2.45) is 5.41 Å². The number of carbonyl (C=O) groups excluding carboxylic acids is 1. The van der Waals surface area contributed by atoms with Crippen LogP contribution in [-0.2, 0) is 16.1 Å². The minimum atomic E-state index is -2.91. The molecule has 2 aromatic carbocycles. The molecule has 2 fully saturated rings. The van der Waals surface area contributed by atoms with E-state index < -0.39 is 18.1 Å². The first-order chi connectivity index (χ1) is 17.4. The van der Waals surface area contributed by atoms with E-state index in [2.05, 4.69) is 20.0 Å². The molecule has 1 spiro atoms. The minimum Gasteiger partial charge on any atom is -0.415 e. The highest BCUT2D eigenvalue weighted by atomic mass is 19.3. The Bertz CT molecular complexity index is 1230. The Labute approximate surface area is 206 Å². The number of ether oxygens (including phenoxy) is 1. The molecule has 0 radical (unpaired) electrons. The molecule has 0 atom stereocenters. The van der Waals surface area contributed by atoms with Gasteiger partial charge in [-0.3, -0.25) is 4.79 Å². The first-order valence-electron chi connectivity index (χ1n) is 11.6. The quantitative estimate of drug-likeness (QED) is 0.392. The lowest BCUT2D eigenvalue weighted by molar-refractivity contribution is -0.187. The summed E-state index contributed by atoms with van der Waals surface area (Å²) in [6.07, 6.45) is -2.24. The summed E-state index contributed by atoms with van der Waals surface area (Å²) in [4.78, 5) is 18.0. The van der Waals surface area contributed by atoms with Gasteiger partial charge in [0.15, 0.2) is 0 Å². The number of nitrogens with zero attached hydrogens (tertiary/aromatic N) is 5. The summed E-state index contributed by atoms with van der Waals surface area (Å²) in [5.41, 5.74) is 2.30. The maximum absolute atomic E-state index is 14.9. The zero-order chi connectivity index (χ0) is 25.3. The van der Waals surface area contributed by atoms with Gasteiger partial charge in [-0.15, -0.1) is 10.2 Å². The number of para-hydroxylation sites is 2. The van der Waals surface area contributed by atoms with Crippen LogP contribution < -0.4 is 9.80 Å². The average Bonchev–Trinajstić information content (AvgIpc) is 3.32. The molecule has 2 aliphatic rings. The van der Waals surface area contributed by atoms with E-state index >= 15 is 0 Å². The SMILES string of the molecule is CN(CCN1CC2(COC2)C1)c1ccccc1N(C=O)Cc1ccc(-c2nnc(C(F)F)o2)cc1F. The summed E-state index contributed by atoms with van der Waals surface area (Å²) in [7, 11) is 1.97. The molecule has 3 heterocycles. The van der Waals surface area contributed by atoms with Crippen LogP contribution >= 0.6 is 0 Å². The van der Waals surface area contributed by atoms with Gasteiger partial charge < -0.3 is 23.9 Å². The Morgan fingerprint density at radius 1 is 1.14 bits per heavy atom. The molecule has 0 unspecified atom stereocenters. The molecule has 190 valence electrons. The Morgan fingerprint density at radius 2 is 1.89 bits per heavy atom. The van der Waals surface area contributed by atoms with Crippen LogP contribution in [0.2, 0.25) is 0 Å². The highest BCUT2D eigenvalue weighted by Gasteiger charge is 2.48. The van der Waals surface area contributed by atoms with Crippen molar-refractivity contribution in [1.82, 2.24) is 15.1 Å². The van der Waals surface area contributed by atoms with Crippen molar-refractivity contribution in [2.75, 3.05) is 56.2 Å². The van der Waals surface area contributed by atoms with Crippen LogP contribution in [0.1, 0.15) is 17.9 Å². The van der Waals surface area contributed by atoms with Gasteiger partial charge in [0, 0.05) is 49.8 Å². The minimum absolute atomic E-state index is 0.0127. The number of amides is 1. The summed E-state index contributed by atoms with van der Waals surface area (Å²) in [6, 6.07) is 11.6. The normalized spacial score (nSPS) is 16.6. The predicted molar refractivity (Wildman–Crippen MR) is 126 cm³/mol. The molecule has 36 heavy (non-hydrogen) atoms. The molecule has 0 aliphatic carbocycles. The van der Waals surface area contributed by atoms with Gasteiger partial charge in [0.1, 0.15) is 5.82 Å². The van der Waals surface area contributed by atoms with Gasteiger partial charge in [-0.25, -0.2) is 4.39 Å². The lowest BCUT2D eigenvalue weighted by Gasteiger charge is -2.55. The Kier molecular flexibility index (Phi) is 6.67. The monoisotopic (exact) mass is 501 g/mol. The van der Waals surface area contributed by atoms with Crippen LogP contribution in [0.3, 0.4) is 0 Å². The molecule has 1 amide bonds. The Hall–Kier alpha value is -3.44. The third kappa shape index (κ3) is 4.80. The van der Waals surface area contributed by atoms with Crippen LogP contribution in [0.5, 0.6) is 0 Å². The van der Waals surface area contributed by atoms with Crippen molar-refractivity contribution < 1.29 is 27.1 Å². The van der Waals surface area contributed by atoms with E-state index in [0.717, 1.165) is 51.1 Å². The lowest BCUT2D eigenvalue weighted by Crippen LogP contribution is -2.66. The van der Waals surface area contributed by atoms with E-state index in [1.54, 1.807) is 0 Å². The van der Waals surface area contributed by atoms with Crippen LogP contribution in [-0.4, -0.2) is 67.9 Å². The molecule has 3 aromatic rings. The van der Waals surface area contributed by atoms with Crippen LogP contribution in [0.15, 0.2) is 46.9 Å². The fraction of sp³-hybridized carbons (Fsp3) is 0.400. The van der Waals surface area contributed by atoms with Gasteiger partial charge in [-0.05, 0) is 24.3 Å². The van der Waals surface area contributed by atoms with Gasteiger partial charge in [-0.1, -0.05) is 18.2 Å². The van der Waals surface area contributed by atoms with E-state index in [1.807, 2.05) is 31.3 Å². The number of benzene rings is 2. The first-order valence-corrected chi connectivity index (χ1v) is 11.6. The van der Waals surface area contributed by atoms with Crippen molar-refractivity contribution >= 4 is 17.8 Å². The van der Waals surface area contributed by atoms with Gasteiger partial charge in [0.25, 0.3) is 5.89 Å². The molecule has 2 aliphatic heterocycles. The summed E-state index contributed by atoms with van der Waals surface area (Å²) in [6.45, 7) is 5.44.